The number of nitrogens with two attached hydrogens (primary N) is 1. The smallest absolute Gasteiger partial charge is 0.246 e. The van der Waals surface area contributed by atoms with Crippen molar-refractivity contribution in [3.63, 3.8) is 0 Å². The maximum atomic E-state index is 14.0. The van der Waals surface area contributed by atoms with Crippen LogP contribution < -0.4 is 11.1 Å². The monoisotopic (exact) mass is 560 g/mol. The summed E-state index contributed by atoms with van der Waals surface area (Å²) in [4.78, 5) is 55.6. The first-order valence-corrected chi connectivity index (χ1v) is 14.0. The lowest BCUT2D eigenvalue weighted by atomic mass is 9.88. The highest BCUT2D eigenvalue weighted by atomic mass is 19.1. The molecule has 4 amide bonds. The predicted octanol–water partition coefficient (Wildman–Crippen LogP) is 3.52. The van der Waals surface area contributed by atoms with Crippen molar-refractivity contribution in [1.82, 2.24) is 15.1 Å². The fourth-order valence-corrected chi connectivity index (χ4v) is 5.74. The maximum Gasteiger partial charge on any atom is 0.246 e. The van der Waals surface area contributed by atoms with Gasteiger partial charge in [-0.25, -0.2) is 4.39 Å². The molecule has 216 valence electrons. The molecule has 3 aromatic rings. The van der Waals surface area contributed by atoms with Gasteiger partial charge in [-0.15, -0.1) is 0 Å². The molecular formula is C32H37FN4O4. The standard InChI is InChI=1S/C32H37FN4O4/c1-4-7-28-32(41)37(29(30(34)39)20(2)24-13-12-23-8-5-6-9-25(23)19-24)17-16-36(28)31(40)27(35-21(3)38)18-22-10-14-26(33)15-11-22/h5-6,8-15,19-20,27-29H,4,7,16-18H2,1-3H3,(H2,34,39)(H,35,38). The third-order valence-electron chi connectivity index (χ3n) is 7.80. The van der Waals surface area contributed by atoms with E-state index in [0.29, 0.717) is 18.4 Å². The SMILES string of the molecule is CCCC1C(=O)N(C(C(N)=O)C(C)c2ccc3ccccc3c2)CCN1C(=O)C(Cc1ccc(F)cc1)NC(C)=O. The van der Waals surface area contributed by atoms with Crippen LogP contribution in [-0.4, -0.2) is 64.6 Å². The molecule has 4 rings (SSSR count). The molecule has 3 N–H and O–H groups in total. The van der Waals surface area contributed by atoms with Crippen LogP contribution in [0, 0.1) is 5.82 Å². The summed E-state index contributed by atoms with van der Waals surface area (Å²) in [6, 6.07) is 16.9. The van der Waals surface area contributed by atoms with E-state index in [4.69, 9.17) is 5.73 Å². The molecule has 0 saturated carbocycles. The number of nitrogens with zero attached hydrogens (tertiary/aromatic N) is 2. The number of carbonyl (C=O) groups excluding carboxylic acids is 4. The Bertz CT molecular complexity index is 1430. The van der Waals surface area contributed by atoms with Crippen molar-refractivity contribution in [2.45, 2.75) is 64.1 Å². The van der Waals surface area contributed by atoms with Crippen LogP contribution >= 0.6 is 0 Å². The van der Waals surface area contributed by atoms with Gasteiger partial charge >= 0.3 is 0 Å². The summed E-state index contributed by atoms with van der Waals surface area (Å²) in [6.07, 6.45) is 1.16. The third-order valence-corrected chi connectivity index (χ3v) is 7.80. The number of benzene rings is 3. The number of rotatable bonds is 10. The molecule has 0 radical (unpaired) electrons. The van der Waals surface area contributed by atoms with Crippen molar-refractivity contribution >= 4 is 34.4 Å². The first-order chi connectivity index (χ1) is 19.6. The fraction of sp³-hybridized carbons (Fsp3) is 0.375. The second kappa shape index (κ2) is 12.9. The summed E-state index contributed by atoms with van der Waals surface area (Å²) in [5.41, 5.74) is 7.47. The summed E-state index contributed by atoms with van der Waals surface area (Å²) in [5, 5.41) is 4.79. The lowest BCUT2D eigenvalue weighted by molar-refractivity contribution is -0.157. The van der Waals surface area contributed by atoms with Crippen LogP contribution in [0.4, 0.5) is 4.39 Å². The number of piperazine rings is 1. The normalized spacial score (nSPS) is 17.7. The maximum absolute atomic E-state index is 14.0. The summed E-state index contributed by atoms with van der Waals surface area (Å²) in [7, 11) is 0. The van der Waals surface area contributed by atoms with E-state index in [2.05, 4.69) is 5.32 Å². The minimum Gasteiger partial charge on any atom is -0.368 e. The van der Waals surface area contributed by atoms with E-state index in [9.17, 15) is 23.6 Å². The van der Waals surface area contributed by atoms with E-state index in [1.165, 1.54) is 28.9 Å². The van der Waals surface area contributed by atoms with Gasteiger partial charge < -0.3 is 20.9 Å². The van der Waals surface area contributed by atoms with Crippen LogP contribution in [-0.2, 0) is 25.6 Å². The van der Waals surface area contributed by atoms with Gasteiger partial charge in [0.1, 0.15) is 23.9 Å². The van der Waals surface area contributed by atoms with E-state index in [0.717, 1.165) is 16.3 Å². The molecule has 41 heavy (non-hydrogen) atoms. The van der Waals surface area contributed by atoms with Crippen molar-refractivity contribution in [1.29, 1.82) is 0 Å². The van der Waals surface area contributed by atoms with Gasteiger partial charge in [0.2, 0.25) is 23.6 Å². The summed E-state index contributed by atoms with van der Waals surface area (Å²) in [5.74, 6) is -2.51. The van der Waals surface area contributed by atoms with Crippen molar-refractivity contribution in [3.05, 3.63) is 83.7 Å². The average molecular weight is 561 g/mol. The van der Waals surface area contributed by atoms with Gasteiger partial charge in [0.15, 0.2) is 0 Å². The van der Waals surface area contributed by atoms with Crippen LogP contribution in [0.2, 0.25) is 0 Å². The quantitative estimate of drug-likeness (QED) is 0.395. The van der Waals surface area contributed by atoms with Crippen molar-refractivity contribution in [2.75, 3.05) is 13.1 Å². The van der Waals surface area contributed by atoms with Gasteiger partial charge in [-0.2, -0.15) is 0 Å². The summed E-state index contributed by atoms with van der Waals surface area (Å²) in [6.45, 7) is 5.43. The number of nitrogens with one attached hydrogen (secondary N) is 1. The van der Waals surface area contributed by atoms with E-state index in [-0.39, 0.29) is 37.2 Å². The van der Waals surface area contributed by atoms with Gasteiger partial charge in [-0.3, -0.25) is 19.2 Å². The molecule has 1 aliphatic rings. The van der Waals surface area contributed by atoms with Crippen LogP contribution in [0.1, 0.15) is 50.7 Å². The Hall–Kier alpha value is -4.27. The minimum atomic E-state index is -0.930. The molecule has 9 heteroatoms. The Morgan fingerprint density at radius 3 is 2.34 bits per heavy atom. The molecule has 0 bridgehead atoms. The van der Waals surface area contributed by atoms with Crippen LogP contribution in [0.25, 0.3) is 10.8 Å². The predicted molar refractivity (Wildman–Crippen MR) is 155 cm³/mol. The first-order valence-electron chi connectivity index (χ1n) is 14.0. The Morgan fingerprint density at radius 2 is 1.71 bits per heavy atom. The first kappa shape index (κ1) is 29.7. The number of halogens is 1. The topological polar surface area (TPSA) is 113 Å². The Kier molecular flexibility index (Phi) is 9.37. The number of fused-ring (bicyclic) bond motifs is 1. The summed E-state index contributed by atoms with van der Waals surface area (Å²) < 4.78 is 13.4. The molecule has 1 saturated heterocycles. The lowest BCUT2D eigenvalue weighted by Crippen LogP contribution is -2.65. The minimum absolute atomic E-state index is 0.125. The van der Waals surface area contributed by atoms with Crippen LogP contribution in [0.3, 0.4) is 0 Å². The van der Waals surface area contributed by atoms with Crippen molar-refractivity contribution < 1.29 is 23.6 Å². The Labute approximate surface area is 239 Å². The molecule has 4 unspecified atom stereocenters. The van der Waals surface area contributed by atoms with E-state index >= 15 is 0 Å². The molecule has 1 fully saturated rings. The molecule has 4 atom stereocenters. The van der Waals surface area contributed by atoms with Crippen molar-refractivity contribution in [2.24, 2.45) is 5.73 Å². The molecule has 0 aromatic heterocycles. The van der Waals surface area contributed by atoms with Gasteiger partial charge in [-0.05, 0) is 40.5 Å². The highest BCUT2D eigenvalue weighted by Crippen LogP contribution is 2.30. The molecule has 8 nitrogen and oxygen atoms in total. The van der Waals surface area contributed by atoms with Crippen molar-refractivity contribution in [3.8, 4) is 0 Å². The molecule has 1 heterocycles. The summed E-state index contributed by atoms with van der Waals surface area (Å²) >= 11 is 0. The van der Waals surface area contributed by atoms with Crippen LogP contribution in [0.5, 0.6) is 0 Å². The van der Waals surface area contributed by atoms with Gasteiger partial charge in [0, 0.05) is 32.4 Å². The molecule has 3 aromatic carbocycles. The van der Waals surface area contributed by atoms with Gasteiger partial charge in [-0.1, -0.05) is 74.9 Å². The number of primary amides is 1. The molecule has 0 aliphatic carbocycles. The zero-order valence-corrected chi connectivity index (χ0v) is 23.7. The largest absolute Gasteiger partial charge is 0.368 e. The van der Waals surface area contributed by atoms with Gasteiger partial charge in [0.25, 0.3) is 0 Å². The fourth-order valence-electron chi connectivity index (χ4n) is 5.74. The highest BCUT2D eigenvalue weighted by molar-refractivity contribution is 5.95. The number of hydrogen-bond donors (Lipinski definition) is 2. The number of carbonyl (C=O) groups is 4. The van der Waals surface area contributed by atoms with Crippen LogP contribution in [0.15, 0.2) is 66.7 Å². The molecule has 1 aliphatic heterocycles. The van der Waals surface area contributed by atoms with E-state index in [1.807, 2.05) is 56.3 Å². The Balaban J connectivity index is 1.59. The number of amides is 4. The molecule has 0 spiro atoms. The third kappa shape index (κ3) is 6.73. The second-order valence-electron chi connectivity index (χ2n) is 10.7. The zero-order valence-electron chi connectivity index (χ0n) is 23.7. The lowest BCUT2D eigenvalue weighted by Gasteiger charge is -2.45. The average Bonchev–Trinajstić information content (AvgIpc) is 2.95. The highest BCUT2D eigenvalue weighted by Gasteiger charge is 2.44. The second-order valence-corrected chi connectivity index (χ2v) is 10.7. The van der Waals surface area contributed by atoms with Gasteiger partial charge in [0.05, 0.1) is 0 Å². The molecular weight excluding hydrogens is 523 g/mol. The van der Waals surface area contributed by atoms with E-state index < -0.39 is 35.8 Å². The number of hydrogen-bond acceptors (Lipinski definition) is 4. The zero-order chi connectivity index (χ0) is 29.7. The van der Waals surface area contributed by atoms with E-state index in [1.54, 1.807) is 12.1 Å². The Morgan fingerprint density at radius 1 is 1.02 bits per heavy atom.